The highest BCUT2D eigenvalue weighted by molar-refractivity contribution is 7.16. The van der Waals surface area contributed by atoms with Gasteiger partial charge in [0.1, 0.15) is 5.00 Å². The van der Waals surface area contributed by atoms with Crippen molar-refractivity contribution in [2.24, 2.45) is 0 Å². The number of urea groups is 1. The van der Waals surface area contributed by atoms with Crippen molar-refractivity contribution in [3.05, 3.63) is 38.4 Å². The predicted octanol–water partition coefficient (Wildman–Crippen LogP) is 4.04. The van der Waals surface area contributed by atoms with Crippen LogP contribution in [0, 0.1) is 0 Å². The maximum absolute atomic E-state index is 11.8. The zero-order valence-corrected chi connectivity index (χ0v) is 12.7. The summed E-state index contributed by atoms with van der Waals surface area (Å²) < 4.78 is 0.653. The molecule has 2 aromatic heterocycles. The van der Waals surface area contributed by atoms with Gasteiger partial charge in [-0.1, -0.05) is 11.6 Å². The van der Waals surface area contributed by atoms with E-state index in [-0.39, 0.29) is 11.6 Å². The molecule has 0 radical (unpaired) electrons. The van der Waals surface area contributed by atoms with Crippen molar-refractivity contribution in [1.82, 2.24) is 5.32 Å². The molecule has 1 atom stereocenters. The van der Waals surface area contributed by atoms with Gasteiger partial charge < -0.3 is 10.4 Å². The normalized spacial score (nSPS) is 11.9. The number of amides is 2. The minimum absolute atomic E-state index is 0.0805. The Bertz CT molecular complexity index is 638. The summed E-state index contributed by atoms with van der Waals surface area (Å²) >= 11 is 8.39. The molecule has 2 amide bonds. The van der Waals surface area contributed by atoms with E-state index in [1.807, 2.05) is 13.0 Å². The predicted molar refractivity (Wildman–Crippen MR) is 81.2 cm³/mol. The first-order valence-electron chi connectivity index (χ1n) is 5.61. The quantitative estimate of drug-likeness (QED) is 0.791. The lowest BCUT2D eigenvalue weighted by Crippen LogP contribution is -2.30. The molecular weight excluding hydrogens is 320 g/mol. The first-order valence-corrected chi connectivity index (χ1v) is 7.68. The lowest BCUT2D eigenvalue weighted by Gasteiger charge is -2.12. The Morgan fingerprint density at radius 2 is 2.10 bits per heavy atom. The van der Waals surface area contributed by atoms with E-state index in [0.717, 1.165) is 16.2 Å². The molecular formula is C12H11ClN2O3S2. The molecule has 2 rings (SSSR count). The largest absolute Gasteiger partial charge is 0.478 e. The van der Waals surface area contributed by atoms with Gasteiger partial charge in [0.2, 0.25) is 0 Å². The Hall–Kier alpha value is -1.57. The van der Waals surface area contributed by atoms with Gasteiger partial charge >= 0.3 is 12.0 Å². The number of carboxylic acids is 1. The summed E-state index contributed by atoms with van der Waals surface area (Å²) in [7, 11) is 0. The number of rotatable bonds is 4. The lowest BCUT2D eigenvalue weighted by molar-refractivity contribution is 0.0698. The first-order chi connectivity index (χ1) is 9.47. The van der Waals surface area contributed by atoms with Crippen LogP contribution in [0.4, 0.5) is 9.80 Å². The molecule has 8 heteroatoms. The topological polar surface area (TPSA) is 78.4 Å². The number of halogens is 1. The molecule has 0 aliphatic carbocycles. The zero-order valence-electron chi connectivity index (χ0n) is 10.3. The van der Waals surface area contributed by atoms with Gasteiger partial charge in [-0.15, -0.1) is 22.7 Å². The number of carbonyl (C=O) groups excluding carboxylic acids is 1. The Balaban J connectivity index is 1.99. The average Bonchev–Trinajstić information content (AvgIpc) is 2.97. The van der Waals surface area contributed by atoms with E-state index in [9.17, 15) is 9.59 Å². The van der Waals surface area contributed by atoms with Crippen molar-refractivity contribution in [3.63, 3.8) is 0 Å². The third kappa shape index (κ3) is 3.50. The molecule has 3 N–H and O–H groups in total. The Kier molecular flexibility index (Phi) is 4.64. The van der Waals surface area contributed by atoms with Crippen molar-refractivity contribution in [2.75, 3.05) is 5.32 Å². The van der Waals surface area contributed by atoms with Gasteiger partial charge in [-0.05, 0) is 30.5 Å². The second-order valence-corrected chi connectivity index (χ2v) is 6.59. The van der Waals surface area contributed by atoms with E-state index in [2.05, 4.69) is 10.6 Å². The fraction of sp³-hybridized carbons (Fsp3) is 0.167. The number of hydrogen-bond donors (Lipinski definition) is 3. The summed E-state index contributed by atoms with van der Waals surface area (Å²) in [6, 6.07) is 4.39. The van der Waals surface area contributed by atoms with Crippen LogP contribution in [0.1, 0.15) is 28.2 Å². The fourth-order valence-corrected chi connectivity index (χ4v) is 3.38. The molecule has 5 nitrogen and oxygen atoms in total. The number of anilines is 1. The van der Waals surface area contributed by atoms with Crippen molar-refractivity contribution >= 4 is 51.3 Å². The molecule has 0 spiro atoms. The highest BCUT2D eigenvalue weighted by Crippen LogP contribution is 2.27. The highest BCUT2D eigenvalue weighted by atomic mass is 35.5. The zero-order chi connectivity index (χ0) is 14.7. The van der Waals surface area contributed by atoms with E-state index in [1.54, 1.807) is 11.4 Å². The van der Waals surface area contributed by atoms with Gasteiger partial charge in [0.15, 0.2) is 0 Å². The van der Waals surface area contributed by atoms with Crippen LogP contribution in [0.25, 0.3) is 0 Å². The maximum Gasteiger partial charge on any atom is 0.338 e. The van der Waals surface area contributed by atoms with Gasteiger partial charge in [0.05, 0.1) is 15.9 Å². The van der Waals surface area contributed by atoms with Crippen LogP contribution in [0.5, 0.6) is 0 Å². The van der Waals surface area contributed by atoms with Crippen LogP contribution < -0.4 is 10.6 Å². The molecule has 20 heavy (non-hydrogen) atoms. The number of thiophene rings is 2. The molecule has 0 fully saturated rings. The minimum atomic E-state index is -1.07. The number of aromatic carboxylic acids is 1. The van der Waals surface area contributed by atoms with E-state index in [0.29, 0.717) is 9.34 Å². The average molecular weight is 331 g/mol. The van der Waals surface area contributed by atoms with Gasteiger partial charge in [-0.2, -0.15) is 0 Å². The third-order valence-corrected chi connectivity index (χ3v) is 4.73. The minimum Gasteiger partial charge on any atom is -0.478 e. The van der Waals surface area contributed by atoms with Crippen molar-refractivity contribution in [3.8, 4) is 0 Å². The molecule has 0 bridgehead atoms. The van der Waals surface area contributed by atoms with E-state index in [4.69, 9.17) is 16.7 Å². The van der Waals surface area contributed by atoms with Crippen LogP contribution in [0.15, 0.2) is 23.6 Å². The van der Waals surface area contributed by atoms with E-state index >= 15 is 0 Å². The van der Waals surface area contributed by atoms with Crippen molar-refractivity contribution in [2.45, 2.75) is 13.0 Å². The van der Waals surface area contributed by atoms with E-state index < -0.39 is 12.0 Å². The number of hydrogen-bond acceptors (Lipinski definition) is 4. The van der Waals surface area contributed by atoms with Gasteiger partial charge in [0, 0.05) is 4.88 Å². The van der Waals surface area contributed by atoms with Crippen LogP contribution in [0.3, 0.4) is 0 Å². The molecule has 0 aliphatic heterocycles. The van der Waals surface area contributed by atoms with E-state index in [1.165, 1.54) is 17.4 Å². The standard InChI is InChI=1S/C12H11ClN2O3S2/c1-6(8-2-3-9(13)20-8)14-12(18)15-10-7(11(16)17)4-5-19-10/h2-6H,1H3,(H,16,17)(H2,14,15,18). The number of carboxylic acid groups (broad SMARTS) is 1. The van der Waals surface area contributed by atoms with Crippen LogP contribution >= 0.6 is 34.3 Å². The molecule has 2 aromatic rings. The second kappa shape index (κ2) is 6.25. The summed E-state index contributed by atoms with van der Waals surface area (Å²) in [5.41, 5.74) is 0.0805. The lowest BCUT2D eigenvalue weighted by atomic mass is 10.3. The summed E-state index contributed by atoms with van der Waals surface area (Å²) in [4.78, 5) is 23.7. The van der Waals surface area contributed by atoms with Crippen LogP contribution in [-0.2, 0) is 0 Å². The highest BCUT2D eigenvalue weighted by Gasteiger charge is 2.16. The van der Waals surface area contributed by atoms with Crippen LogP contribution in [0.2, 0.25) is 4.34 Å². The van der Waals surface area contributed by atoms with Crippen molar-refractivity contribution in [1.29, 1.82) is 0 Å². The molecule has 0 saturated heterocycles. The second-order valence-electron chi connectivity index (χ2n) is 3.93. The number of carbonyl (C=O) groups is 2. The molecule has 0 aliphatic rings. The smallest absolute Gasteiger partial charge is 0.338 e. The molecule has 106 valence electrons. The number of nitrogens with one attached hydrogen (secondary N) is 2. The maximum atomic E-state index is 11.8. The molecule has 2 heterocycles. The Labute approximate surface area is 128 Å². The molecule has 0 saturated carbocycles. The summed E-state index contributed by atoms with van der Waals surface area (Å²) in [6.45, 7) is 1.83. The summed E-state index contributed by atoms with van der Waals surface area (Å²) in [5.74, 6) is -1.07. The van der Waals surface area contributed by atoms with Gasteiger partial charge in [0.25, 0.3) is 0 Å². The van der Waals surface area contributed by atoms with Crippen LogP contribution in [-0.4, -0.2) is 17.1 Å². The molecule has 0 aromatic carbocycles. The first kappa shape index (κ1) is 14.8. The third-order valence-electron chi connectivity index (χ3n) is 2.49. The molecule has 1 unspecified atom stereocenters. The van der Waals surface area contributed by atoms with Gasteiger partial charge in [-0.25, -0.2) is 9.59 Å². The summed E-state index contributed by atoms with van der Waals surface area (Å²) in [5, 5.41) is 16.1. The Morgan fingerprint density at radius 1 is 1.35 bits per heavy atom. The fourth-order valence-electron chi connectivity index (χ4n) is 1.54. The Morgan fingerprint density at radius 3 is 2.70 bits per heavy atom. The monoisotopic (exact) mass is 330 g/mol. The van der Waals surface area contributed by atoms with Gasteiger partial charge in [-0.3, -0.25) is 5.32 Å². The SMILES string of the molecule is CC(NC(=O)Nc1sccc1C(=O)O)c1ccc(Cl)s1. The summed E-state index contributed by atoms with van der Waals surface area (Å²) in [6.07, 6.45) is 0. The van der Waals surface area contributed by atoms with Crippen molar-refractivity contribution < 1.29 is 14.7 Å².